The van der Waals surface area contributed by atoms with Crippen molar-refractivity contribution in [1.82, 2.24) is 4.98 Å². The molecule has 2 aromatic heterocycles. The maximum absolute atomic E-state index is 13.3. The van der Waals surface area contributed by atoms with E-state index in [2.05, 4.69) is 4.98 Å². The van der Waals surface area contributed by atoms with Crippen molar-refractivity contribution in [1.29, 1.82) is 0 Å². The second kappa shape index (κ2) is 5.23. The summed E-state index contributed by atoms with van der Waals surface area (Å²) in [5.74, 6) is -0.430. The van der Waals surface area contributed by atoms with Crippen LogP contribution < -0.4 is 0 Å². The molecule has 0 amide bonds. The molecule has 0 bridgehead atoms. The number of pyridine rings is 1. The van der Waals surface area contributed by atoms with Crippen LogP contribution in [0, 0.1) is 19.7 Å². The number of aromatic nitrogens is 1. The summed E-state index contributed by atoms with van der Waals surface area (Å²) in [6.45, 7) is 3.49. The predicted octanol–water partition coefficient (Wildman–Crippen LogP) is 3.80. The third-order valence-electron chi connectivity index (χ3n) is 2.56. The molecule has 0 unspecified atom stereocenters. The molecule has 92 valence electrons. The van der Waals surface area contributed by atoms with Crippen LogP contribution in [0.25, 0.3) is 6.08 Å². The number of ketones is 1. The van der Waals surface area contributed by atoms with Crippen LogP contribution in [0.2, 0.25) is 0 Å². The van der Waals surface area contributed by atoms with E-state index >= 15 is 0 Å². The molecule has 0 aromatic carbocycles. The van der Waals surface area contributed by atoms with Crippen molar-refractivity contribution >= 4 is 23.2 Å². The molecule has 0 saturated carbocycles. The van der Waals surface area contributed by atoms with E-state index in [1.54, 1.807) is 19.2 Å². The summed E-state index contributed by atoms with van der Waals surface area (Å²) < 4.78 is 13.3. The molecule has 0 fully saturated rings. The standard InChI is InChI=1S/C14H12FNOS/c1-9-5-6-18-14(9)13(17)4-3-11-7-12(15)10(2)16-8-11/h3-8H,1-2H3/b4-3+. The van der Waals surface area contributed by atoms with Crippen LogP contribution in [0.15, 0.2) is 29.8 Å². The lowest BCUT2D eigenvalue weighted by Crippen LogP contribution is -1.93. The summed E-state index contributed by atoms with van der Waals surface area (Å²) in [7, 11) is 0. The average Bonchev–Trinajstić information content (AvgIpc) is 2.77. The highest BCUT2D eigenvalue weighted by Gasteiger charge is 2.06. The summed E-state index contributed by atoms with van der Waals surface area (Å²) in [6, 6.07) is 3.27. The van der Waals surface area contributed by atoms with Gasteiger partial charge in [-0.3, -0.25) is 9.78 Å². The van der Waals surface area contributed by atoms with Crippen LogP contribution >= 0.6 is 11.3 Å². The van der Waals surface area contributed by atoms with Crippen molar-refractivity contribution in [3.8, 4) is 0 Å². The van der Waals surface area contributed by atoms with Crippen molar-refractivity contribution in [2.75, 3.05) is 0 Å². The normalized spacial score (nSPS) is 11.1. The van der Waals surface area contributed by atoms with Crippen LogP contribution in [0.5, 0.6) is 0 Å². The summed E-state index contributed by atoms with van der Waals surface area (Å²) in [6.07, 6.45) is 4.57. The molecule has 2 heterocycles. The Morgan fingerprint density at radius 2 is 2.22 bits per heavy atom. The van der Waals surface area contributed by atoms with E-state index < -0.39 is 0 Å². The minimum absolute atomic E-state index is 0.0662. The van der Waals surface area contributed by atoms with Gasteiger partial charge in [0.2, 0.25) is 0 Å². The number of nitrogens with zero attached hydrogens (tertiary/aromatic N) is 1. The molecule has 0 aliphatic heterocycles. The van der Waals surface area contributed by atoms with Crippen molar-refractivity contribution in [3.63, 3.8) is 0 Å². The maximum atomic E-state index is 13.3. The zero-order valence-corrected chi connectivity index (χ0v) is 10.9. The summed E-state index contributed by atoms with van der Waals surface area (Å²) >= 11 is 1.41. The average molecular weight is 261 g/mol. The third-order valence-corrected chi connectivity index (χ3v) is 3.59. The Bertz CT molecular complexity index is 616. The minimum Gasteiger partial charge on any atom is -0.288 e. The topological polar surface area (TPSA) is 30.0 Å². The maximum Gasteiger partial charge on any atom is 0.196 e. The van der Waals surface area contributed by atoms with Gasteiger partial charge in [-0.25, -0.2) is 4.39 Å². The highest BCUT2D eigenvalue weighted by atomic mass is 32.1. The first-order valence-corrected chi connectivity index (χ1v) is 6.34. The Kier molecular flexibility index (Phi) is 3.67. The van der Waals surface area contributed by atoms with Gasteiger partial charge < -0.3 is 0 Å². The molecule has 0 aliphatic rings. The van der Waals surface area contributed by atoms with E-state index in [9.17, 15) is 9.18 Å². The summed E-state index contributed by atoms with van der Waals surface area (Å²) in [5.41, 5.74) is 1.90. The fourth-order valence-corrected chi connectivity index (χ4v) is 2.33. The van der Waals surface area contributed by atoms with Gasteiger partial charge in [0.25, 0.3) is 0 Å². The van der Waals surface area contributed by atoms with E-state index in [-0.39, 0.29) is 11.6 Å². The highest BCUT2D eigenvalue weighted by molar-refractivity contribution is 7.12. The number of carbonyl (C=O) groups excluding carboxylic acids is 1. The second-order valence-corrected chi connectivity index (χ2v) is 4.88. The lowest BCUT2D eigenvalue weighted by atomic mass is 10.2. The van der Waals surface area contributed by atoms with E-state index in [4.69, 9.17) is 0 Å². The molecule has 18 heavy (non-hydrogen) atoms. The molecule has 2 nitrogen and oxygen atoms in total. The van der Waals surface area contributed by atoms with Crippen LogP contribution in [0.4, 0.5) is 4.39 Å². The Hall–Kier alpha value is -1.81. The molecule has 0 spiro atoms. The van der Waals surface area contributed by atoms with Gasteiger partial charge in [0.05, 0.1) is 10.6 Å². The molecular formula is C14H12FNOS. The molecule has 2 rings (SSSR count). The Balaban J connectivity index is 2.18. The van der Waals surface area contributed by atoms with Gasteiger partial charge in [-0.05, 0) is 54.6 Å². The molecule has 0 aliphatic carbocycles. The molecule has 0 radical (unpaired) electrons. The number of aryl methyl sites for hydroxylation is 2. The molecule has 2 aromatic rings. The van der Waals surface area contributed by atoms with Crippen molar-refractivity contribution in [2.24, 2.45) is 0 Å². The number of allylic oxidation sites excluding steroid dienone is 1. The first-order chi connectivity index (χ1) is 8.58. The number of thiophene rings is 1. The van der Waals surface area contributed by atoms with Gasteiger partial charge in [-0.1, -0.05) is 0 Å². The number of halogens is 1. The lowest BCUT2D eigenvalue weighted by Gasteiger charge is -1.97. The molecule has 0 atom stereocenters. The van der Waals surface area contributed by atoms with Gasteiger partial charge in [0.1, 0.15) is 5.82 Å². The number of hydrogen-bond donors (Lipinski definition) is 0. The van der Waals surface area contributed by atoms with Gasteiger partial charge in [-0.2, -0.15) is 0 Å². The highest BCUT2D eigenvalue weighted by Crippen LogP contribution is 2.17. The molecule has 0 N–H and O–H groups in total. The largest absolute Gasteiger partial charge is 0.288 e. The SMILES string of the molecule is Cc1ccsc1C(=O)/C=C/c1cnc(C)c(F)c1. The van der Waals surface area contributed by atoms with E-state index in [0.717, 1.165) is 5.56 Å². The zero-order chi connectivity index (χ0) is 13.1. The molecule has 4 heteroatoms. The smallest absolute Gasteiger partial charge is 0.196 e. The van der Waals surface area contributed by atoms with Crippen LogP contribution in [0.1, 0.15) is 26.5 Å². The van der Waals surface area contributed by atoms with E-state index in [1.165, 1.54) is 23.5 Å². The van der Waals surface area contributed by atoms with Crippen LogP contribution in [-0.2, 0) is 0 Å². The summed E-state index contributed by atoms with van der Waals surface area (Å²) in [4.78, 5) is 16.5. The van der Waals surface area contributed by atoms with Crippen molar-refractivity contribution < 1.29 is 9.18 Å². The monoisotopic (exact) mass is 261 g/mol. The van der Waals surface area contributed by atoms with Gasteiger partial charge in [0, 0.05) is 6.20 Å². The number of carbonyl (C=O) groups is 1. The molecular weight excluding hydrogens is 249 g/mol. The van der Waals surface area contributed by atoms with E-state index in [0.29, 0.717) is 16.1 Å². The zero-order valence-electron chi connectivity index (χ0n) is 10.1. The van der Waals surface area contributed by atoms with Gasteiger partial charge in [-0.15, -0.1) is 11.3 Å². The minimum atomic E-state index is -0.364. The second-order valence-electron chi connectivity index (χ2n) is 3.97. The van der Waals surface area contributed by atoms with Gasteiger partial charge in [0.15, 0.2) is 5.78 Å². The number of hydrogen-bond acceptors (Lipinski definition) is 3. The first-order valence-electron chi connectivity index (χ1n) is 5.46. The molecule has 0 saturated heterocycles. The lowest BCUT2D eigenvalue weighted by molar-refractivity contribution is 0.105. The van der Waals surface area contributed by atoms with Crippen molar-refractivity contribution in [3.05, 3.63) is 57.3 Å². The Labute approximate surface area is 109 Å². The fraction of sp³-hybridized carbons (Fsp3) is 0.143. The Morgan fingerprint density at radius 1 is 1.44 bits per heavy atom. The van der Waals surface area contributed by atoms with Crippen LogP contribution in [0.3, 0.4) is 0 Å². The fourth-order valence-electron chi connectivity index (χ4n) is 1.48. The summed E-state index contributed by atoms with van der Waals surface area (Å²) in [5, 5.41) is 1.88. The van der Waals surface area contributed by atoms with Crippen molar-refractivity contribution in [2.45, 2.75) is 13.8 Å². The van der Waals surface area contributed by atoms with Gasteiger partial charge >= 0.3 is 0 Å². The van der Waals surface area contributed by atoms with Crippen LogP contribution in [-0.4, -0.2) is 10.8 Å². The van der Waals surface area contributed by atoms with E-state index in [1.807, 2.05) is 18.4 Å². The quantitative estimate of drug-likeness (QED) is 0.621. The first kappa shape index (κ1) is 12.6. The Morgan fingerprint density at radius 3 is 2.83 bits per heavy atom. The third kappa shape index (κ3) is 2.71. The predicted molar refractivity (Wildman–Crippen MR) is 71.4 cm³/mol. The number of rotatable bonds is 3.